The Morgan fingerprint density at radius 2 is 1.96 bits per heavy atom. The van der Waals surface area contributed by atoms with Gasteiger partial charge in [-0.15, -0.1) is 4.91 Å². The molecule has 6 nitrogen and oxygen atoms in total. The number of anilines is 1. The van der Waals surface area contributed by atoms with Gasteiger partial charge >= 0.3 is 0 Å². The molecule has 6 heteroatoms. The summed E-state index contributed by atoms with van der Waals surface area (Å²) in [5, 5.41) is 2.96. The molecule has 0 saturated heterocycles. The van der Waals surface area contributed by atoms with E-state index in [0.717, 1.165) is 35.6 Å². The first-order valence-electron chi connectivity index (χ1n) is 8.23. The smallest absolute Gasteiger partial charge is 0.178 e. The van der Waals surface area contributed by atoms with E-state index in [0.29, 0.717) is 11.5 Å². The zero-order valence-electron chi connectivity index (χ0n) is 13.8. The van der Waals surface area contributed by atoms with Crippen LogP contribution in [-0.2, 0) is 6.42 Å². The van der Waals surface area contributed by atoms with Crippen LogP contribution in [-0.4, -0.2) is 21.5 Å². The second-order valence-electron chi connectivity index (χ2n) is 6.04. The zero-order valence-corrected chi connectivity index (χ0v) is 13.8. The van der Waals surface area contributed by atoms with Gasteiger partial charge in [-0.1, -0.05) is 6.07 Å². The SMILES string of the molecule is C[C@H]1c2cnc(-c3ccccn3)nc2CCN1c1ccc(N=O)cc1. The number of fused-ring (bicyclic) bond motifs is 1. The van der Waals surface area contributed by atoms with E-state index in [1.54, 1.807) is 18.3 Å². The predicted molar refractivity (Wildman–Crippen MR) is 96.6 cm³/mol. The van der Waals surface area contributed by atoms with Gasteiger partial charge in [0.2, 0.25) is 0 Å². The summed E-state index contributed by atoms with van der Waals surface area (Å²) in [6.07, 6.45) is 4.50. The summed E-state index contributed by atoms with van der Waals surface area (Å²) in [7, 11) is 0. The van der Waals surface area contributed by atoms with Gasteiger partial charge in [0.25, 0.3) is 0 Å². The minimum absolute atomic E-state index is 0.163. The molecule has 1 atom stereocenters. The van der Waals surface area contributed by atoms with Gasteiger partial charge in [-0.3, -0.25) is 4.98 Å². The summed E-state index contributed by atoms with van der Waals surface area (Å²) in [4.78, 5) is 26.4. The van der Waals surface area contributed by atoms with Crippen molar-refractivity contribution >= 4 is 11.4 Å². The molecule has 3 aromatic rings. The highest BCUT2D eigenvalue weighted by atomic mass is 16.3. The van der Waals surface area contributed by atoms with E-state index in [9.17, 15) is 4.91 Å². The fourth-order valence-corrected chi connectivity index (χ4v) is 3.24. The van der Waals surface area contributed by atoms with Crippen molar-refractivity contribution in [3.63, 3.8) is 0 Å². The summed E-state index contributed by atoms with van der Waals surface area (Å²) in [6, 6.07) is 13.2. The monoisotopic (exact) mass is 331 g/mol. The quantitative estimate of drug-likeness (QED) is 0.677. The highest BCUT2D eigenvalue weighted by Gasteiger charge is 2.26. The highest BCUT2D eigenvalue weighted by molar-refractivity contribution is 5.56. The number of rotatable bonds is 3. The molecule has 0 unspecified atom stereocenters. The Labute approximate surface area is 145 Å². The van der Waals surface area contributed by atoms with E-state index in [1.807, 2.05) is 36.5 Å². The second-order valence-corrected chi connectivity index (χ2v) is 6.04. The summed E-state index contributed by atoms with van der Waals surface area (Å²) < 4.78 is 0. The van der Waals surface area contributed by atoms with Crippen LogP contribution < -0.4 is 4.90 Å². The molecule has 0 spiro atoms. The Morgan fingerprint density at radius 1 is 1.12 bits per heavy atom. The summed E-state index contributed by atoms with van der Waals surface area (Å²) in [5.41, 5.74) is 4.50. The van der Waals surface area contributed by atoms with Crippen LogP contribution >= 0.6 is 0 Å². The fourth-order valence-electron chi connectivity index (χ4n) is 3.24. The largest absolute Gasteiger partial charge is 0.364 e. The van der Waals surface area contributed by atoms with Crippen LogP contribution in [0.2, 0.25) is 0 Å². The molecule has 0 aliphatic carbocycles. The average Bonchev–Trinajstić information content (AvgIpc) is 2.69. The Kier molecular flexibility index (Phi) is 3.93. The first kappa shape index (κ1) is 15.4. The first-order valence-corrected chi connectivity index (χ1v) is 8.23. The molecule has 2 aromatic heterocycles. The first-order chi connectivity index (χ1) is 12.3. The number of hydrogen-bond donors (Lipinski definition) is 0. The molecular weight excluding hydrogens is 314 g/mol. The molecule has 124 valence electrons. The summed E-state index contributed by atoms with van der Waals surface area (Å²) in [5.74, 6) is 0.668. The lowest BCUT2D eigenvalue weighted by Gasteiger charge is -2.36. The lowest BCUT2D eigenvalue weighted by atomic mass is 9.98. The highest BCUT2D eigenvalue weighted by Crippen LogP contribution is 2.33. The van der Waals surface area contributed by atoms with E-state index >= 15 is 0 Å². The normalized spacial score (nSPS) is 16.4. The van der Waals surface area contributed by atoms with Crippen LogP contribution in [0, 0.1) is 4.91 Å². The molecule has 0 saturated carbocycles. The van der Waals surface area contributed by atoms with Crippen molar-refractivity contribution in [2.75, 3.05) is 11.4 Å². The van der Waals surface area contributed by atoms with Crippen molar-refractivity contribution in [2.24, 2.45) is 5.18 Å². The second kappa shape index (κ2) is 6.39. The molecule has 0 fully saturated rings. The van der Waals surface area contributed by atoms with Crippen molar-refractivity contribution in [1.82, 2.24) is 15.0 Å². The molecule has 0 amide bonds. The summed E-state index contributed by atoms with van der Waals surface area (Å²) in [6.45, 7) is 3.01. The Balaban J connectivity index is 1.64. The van der Waals surface area contributed by atoms with Gasteiger partial charge in [-0.25, -0.2) is 9.97 Å². The van der Waals surface area contributed by atoms with Crippen LogP contribution in [0.3, 0.4) is 0 Å². The van der Waals surface area contributed by atoms with Crippen molar-refractivity contribution < 1.29 is 0 Å². The lowest BCUT2D eigenvalue weighted by molar-refractivity contribution is 0.609. The van der Waals surface area contributed by atoms with Gasteiger partial charge in [0.1, 0.15) is 11.4 Å². The Morgan fingerprint density at radius 3 is 2.68 bits per heavy atom. The standard InChI is InChI=1S/C19H17N5O/c1-13-16-12-21-19(18-4-2-3-10-20-18)22-17(16)9-11-24(13)15-7-5-14(23-25)6-8-15/h2-8,10,12-13H,9,11H2,1H3/t13-/m0/s1. The van der Waals surface area contributed by atoms with E-state index in [1.165, 1.54) is 0 Å². The molecule has 25 heavy (non-hydrogen) atoms. The lowest BCUT2D eigenvalue weighted by Crippen LogP contribution is -2.34. The molecule has 1 aliphatic heterocycles. The molecule has 0 bridgehead atoms. The molecule has 3 heterocycles. The van der Waals surface area contributed by atoms with Crippen molar-refractivity contribution in [3.05, 3.63) is 71.0 Å². The molecule has 1 aliphatic rings. The van der Waals surface area contributed by atoms with Gasteiger partial charge in [-0.05, 0) is 48.5 Å². The number of nitrogens with zero attached hydrogens (tertiary/aromatic N) is 5. The van der Waals surface area contributed by atoms with Crippen molar-refractivity contribution in [1.29, 1.82) is 0 Å². The van der Waals surface area contributed by atoms with Crippen LogP contribution in [0.15, 0.2) is 60.0 Å². The molecule has 4 rings (SSSR count). The third-order valence-electron chi connectivity index (χ3n) is 4.59. The third kappa shape index (κ3) is 2.87. The minimum atomic E-state index is 0.163. The molecule has 0 radical (unpaired) electrons. The maximum absolute atomic E-state index is 10.6. The minimum Gasteiger partial charge on any atom is -0.364 e. The number of nitroso groups, excluding NO2 is 1. The van der Waals surface area contributed by atoms with E-state index < -0.39 is 0 Å². The molecule has 0 N–H and O–H groups in total. The van der Waals surface area contributed by atoms with Crippen molar-refractivity contribution in [2.45, 2.75) is 19.4 Å². The van der Waals surface area contributed by atoms with Crippen LogP contribution in [0.25, 0.3) is 11.5 Å². The predicted octanol–water partition coefficient (Wildman–Crippen LogP) is 4.06. The van der Waals surface area contributed by atoms with E-state index in [-0.39, 0.29) is 6.04 Å². The van der Waals surface area contributed by atoms with Gasteiger partial charge in [0.05, 0.1) is 11.7 Å². The van der Waals surface area contributed by atoms with Crippen molar-refractivity contribution in [3.8, 4) is 11.5 Å². The zero-order chi connectivity index (χ0) is 17.2. The maximum Gasteiger partial charge on any atom is 0.178 e. The van der Waals surface area contributed by atoms with Gasteiger partial charge in [-0.2, -0.15) is 0 Å². The third-order valence-corrected chi connectivity index (χ3v) is 4.59. The van der Waals surface area contributed by atoms with Crippen LogP contribution in [0.1, 0.15) is 24.2 Å². The topological polar surface area (TPSA) is 71.3 Å². The average molecular weight is 331 g/mol. The number of aromatic nitrogens is 3. The number of pyridine rings is 1. The van der Waals surface area contributed by atoms with Gasteiger partial charge < -0.3 is 4.90 Å². The van der Waals surface area contributed by atoms with Gasteiger partial charge in [0.15, 0.2) is 5.82 Å². The molecule has 1 aromatic carbocycles. The van der Waals surface area contributed by atoms with E-state index in [2.05, 4.69) is 27.0 Å². The molecular formula is C19H17N5O. The van der Waals surface area contributed by atoms with Crippen LogP contribution in [0.4, 0.5) is 11.4 Å². The Hall–Kier alpha value is -3.15. The van der Waals surface area contributed by atoms with Crippen LogP contribution in [0.5, 0.6) is 0 Å². The van der Waals surface area contributed by atoms with E-state index in [4.69, 9.17) is 4.98 Å². The van der Waals surface area contributed by atoms with Gasteiger partial charge in [0, 0.05) is 36.6 Å². The Bertz CT molecular complexity index is 895. The number of benzene rings is 1. The fraction of sp³-hybridized carbons (Fsp3) is 0.211. The number of hydrogen-bond acceptors (Lipinski definition) is 6. The maximum atomic E-state index is 10.6. The summed E-state index contributed by atoms with van der Waals surface area (Å²) >= 11 is 0.